The smallest absolute Gasteiger partial charge is 0.265 e. The van der Waals surface area contributed by atoms with E-state index in [2.05, 4.69) is 0 Å². The highest BCUT2D eigenvalue weighted by atomic mass is 35.5. The van der Waals surface area contributed by atoms with E-state index >= 15 is 0 Å². The van der Waals surface area contributed by atoms with Gasteiger partial charge in [-0.3, -0.25) is 4.79 Å². The second-order valence-electron chi connectivity index (χ2n) is 3.81. The van der Waals surface area contributed by atoms with Gasteiger partial charge in [-0.2, -0.15) is 0 Å². The Kier molecular flexibility index (Phi) is 4.18. The van der Waals surface area contributed by atoms with E-state index < -0.39 is 0 Å². The summed E-state index contributed by atoms with van der Waals surface area (Å²) in [4.78, 5) is 13.7. The second-order valence-corrected chi connectivity index (χ2v) is 4.21. The monoisotopic (exact) mass is 251 g/mol. The van der Waals surface area contributed by atoms with Gasteiger partial charge in [0.25, 0.3) is 5.91 Å². The van der Waals surface area contributed by atoms with Crippen LogP contribution in [0.2, 0.25) is 0 Å². The van der Waals surface area contributed by atoms with Gasteiger partial charge in [0.15, 0.2) is 0 Å². The number of ether oxygens (including phenoxy) is 1. The molecule has 0 radical (unpaired) electrons. The van der Waals surface area contributed by atoms with E-state index in [1.165, 1.54) is 0 Å². The highest BCUT2D eigenvalue weighted by molar-refractivity contribution is 6.44. The molecule has 1 saturated heterocycles. The lowest BCUT2D eigenvalue weighted by Crippen LogP contribution is -2.40. The van der Waals surface area contributed by atoms with Gasteiger partial charge >= 0.3 is 0 Å². The van der Waals surface area contributed by atoms with Crippen LogP contribution in [0.1, 0.15) is 5.56 Å². The molecule has 17 heavy (non-hydrogen) atoms. The standard InChI is InChI=1S/C13H14ClNO2/c14-12(10-11-4-2-1-3-5-11)13(16)15-6-8-17-9-7-15/h1-5,10H,6-9H2/b12-10-. The summed E-state index contributed by atoms with van der Waals surface area (Å²) >= 11 is 6.03. The van der Waals surface area contributed by atoms with Gasteiger partial charge in [0, 0.05) is 13.1 Å². The highest BCUT2D eigenvalue weighted by Crippen LogP contribution is 2.14. The summed E-state index contributed by atoms with van der Waals surface area (Å²) in [5.41, 5.74) is 0.930. The third-order valence-electron chi connectivity index (χ3n) is 2.60. The number of carbonyl (C=O) groups is 1. The Bertz CT molecular complexity index is 411. The van der Waals surface area contributed by atoms with Crippen molar-refractivity contribution in [3.05, 3.63) is 40.9 Å². The number of nitrogens with zero attached hydrogens (tertiary/aromatic N) is 1. The molecule has 1 aliphatic rings. The molecule has 0 aromatic heterocycles. The van der Waals surface area contributed by atoms with Crippen LogP contribution < -0.4 is 0 Å². The van der Waals surface area contributed by atoms with Gasteiger partial charge < -0.3 is 9.64 Å². The largest absolute Gasteiger partial charge is 0.378 e. The molecule has 3 nitrogen and oxygen atoms in total. The first kappa shape index (κ1) is 12.1. The van der Waals surface area contributed by atoms with Crippen LogP contribution in [-0.2, 0) is 9.53 Å². The summed E-state index contributed by atoms with van der Waals surface area (Å²) in [6.45, 7) is 2.39. The van der Waals surface area contributed by atoms with Crippen LogP contribution in [-0.4, -0.2) is 37.1 Å². The minimum absolute atomic E-state index is 0.126. The number of hydrogen-bond acceptors (Lipinski definition) is 2. The molecule has 90 valence electrons. The number of carbonyl (C=O) groups excluding carboxylic acids is 1. The number of morpholine rings is 1. The fourth-order valence-corrected chi connectivity index (χ4v) is 1.92. The normalized spacial score (nSPS) is 17.0. The Hall–Kier alpha value is -1.32. The molecule has 4 heteroatoms. The first-order valence-electron chi connectivity index (χ1n) is 5.56. The maximum absolute atomic E-state index is 12.0. The predicted octanol–water partition coefficient (Wildman–Crippen LogP) is 2.13. The summed E-state index contributed by atoms with van der Waals surface area (Å²) in [6, 6.07) is 9.57. The third kappa shape index (κ3) is 3.32. The van der Waals surface area contributed by atoms with Crippen molar-refractivity contribution in [2.45, 2.75) is 0 Å². The number of benzene rings is 1. The van der Waals surface area contributed by atoms with Crippen molar-refractivity contribution < 1.29 is 9.53 Å². The fourth-order valence-electron chi connectivity index (χ4n) is 1.67. The molecule has 0 spiro atoms. The Morgan fingerprint density at radius 3 is 2.53 bits per heavy atom. The summed E-state index contributed by atoms with van der Waals surface area (Å²) in [6.07, 6.45) is 1.69. The molecule has 0 unspecified atom stereocenters. The zero-order chi connectivity index (χ0) is 12.1. The Morgan fingerprint density at radius 1 is 1.24 bits per heavy atom. The number of rotatable bonds is 2. The maximum Gasteiger partial charge on any atom is 0.265 e. The van der Waals surface area contributed by atoms with Crippen LogP contribution in [0.3, 0.4) is 0 Å². The molecule has 0 saturated carbocycles. The zero-order valence-corrected chi connectivity index (χ0v) is 10.2. The highest BCUT2D eigenvalue weighted by Gasteiger charge is 2.19. The molecule has 1 aliphatic heterocycles. The predicted molar refractivity (Wildman–Crippen MR) is 67.7 cm³/mol. The molecular weight excluding hydrogens is 238 g/mol. The fraction of sp³-hybridized carbons (Fsp3) is 0.308. The molecule has 1 amide bonds. The lowest BCUT2D eigenvalue weighted by atomic mass is 10.2. The SMILES string of the molecule is O=C(/C(Cl)=C/c1ccccc1)N1CCOCC1. The molecule has 0 atom stereocenters. The van der Waals surface area contributed by atoms with Crippen molar-refractivity contribution in [3.8, 4) is 0 Å². The summed E-state index contributed by atoms with van der Waals surface area (Å²) in [5.74, 6) is -0.126. The second kappa shape index (κ2) is 5.84. The molecule has 1 aromatic rings. The molecular formula is C13H14ClNO2. The topological polar surface area (TPSA) is 29.5 Å². The minimum Gasteiger partial charge on any atom is -0.378 e. The average molecular weight is 252 g/mol. The van der Waals surface area contributed by atoms with E-state index in [9.17, 15) is 4.79 Å². The van der Waals surface area contributed by atoms with E-state index in [1.54, 1.807) is 11.0 Å². The van der Waals surface area contributed by atoms with Crippen molar-refractivity contribution >= 4 is 23.6 Å². The van der Waals surface area contributed by atoms with Crippen molar-refractivity contribution in [3.63, 3.8) is 0 Å². The van der Waals surface area contributed by atoms with Gasteiger partial charge in [0.05, 0.1) is 13.2 Å². The first-order valence-corrected chi connectivity index (χ1v) is 5.94. The van der Waals surface area contributed by atoms with Crippen molar-refractivity contribution in [1.29, 1.82) is 0 Å². The molecule has 0 aliphatic carbocycles. The van der Waals surface area contributed by atoms with E-state index in [0.717, 1.165) is 5.56 Å². The van der Waals surface area contributed by atoms with Crippen LogP contribution in [0, 0.1) is 0 Å². The van der Waals surface area contributed by atoms with Crippen molar-refractivity contribution in [1.82, 2.24) is 4.90 Å². The van der Waals surface area contributed by atoms with Crippen LogP contribution in [0.4, 0.5) is 0 Å². The van der Waals surface area contributed by atoms with Crippen LogP contribution in [0.15, 0.2) is 35.4 Å². The summed E-state index contributed by atoms with van der Waals surface area (Å²) in [5, 5.41) is 0.248. The number of amides is 1. The zero-order valence-electron chi connectivity index (χ0n) is 9.43. The van der Waals surface area contributed by atoms with Gasteiger partial charge in [0.1, 0.15) is 5.03 Å². The first-order chi connectivity index (χ1) is 8.27. The van der Waals surface area contributed by atoms with Gasteiger partial charge in [0.2, 0.25) is 0 Å². The van der Waals surface area contributed by atoms with Gasteiger partial charge in [-0.05, 0) is 11.6 Å². The molecule has 1 heterocycles. The lowest BCUT2D eigenvalue weighted by molar-refractivity contribution is -0.130. The number of halogens is 1. The molecule has 1 aromatic carbocycles. The third-order valence-corrected chi connectivity index (χ3v) is 2.87. The van der Waals surface area contributed by atoms with E-state index in [4.69, 9.17) is 16.3 Å². The van der Waals surface area contributed by atoms with Crippen LogP contribution in [0.25, 0.3) is 6.08 Å². The molecule has 1 fully saturated rings. The Morgan fingerprint density at radius 2 is 1.88 bits per heavy atom. The van der Waals surface area contributed by atoms with Crippen LogP contribution in [0.5, 0.6) is 0 Å². The molecule has 0 N–H and O–H groups in total. The molecule has 0 bridgehead atoms. The van der Waals surface area contributed by atoms with E-state index in [0.29, 0.717) is 26.3 Å². The minimum atomic E-state index is -0.126. The quantitative estimate of drug-likeness (QED) is 0.754. The summed E-state index contributed by atoms with van der Waals surface area (Å²) < 4.78 is 5.19. The van der Waals surface area contributed by atoms with Gasteiger partial charge in [-0.15, -0.1) is 0 Å². The van der Waals surface area contributed by atoms with Gasteiger partial charge in [-0.25, -0.2) is 0 Å². The maximum atomic E-state index is 12.0. The average Bonchev–Trinajstić information content (AvgIpc) is 2.40. The van der Waals surface area contributed by atoms with Crippen molar-refractivity contribution in [2.24, 2.45) is 0 Å². The Labute approximate surface area is 106 Å². The van der Waals surface area contributed by atoms with Gasteiger partial charge in [-0.1, -0.05) is 41.9 Å². The lowest BCUT2D eigenvalue weighted by Gasteiger charge is -2.26. The molecule has 2 rings (SSSR count). The van der Waals surface area contributed by atoms with Crippen LogP contribution >= 0.6 is 11.6 Å². The van der Waals surface area contributed by atoms with Crippen molar-refractivity contribution in [2.75, 3.05) is 26.3 Å². The van der Waals surface area contributed by atoms with E-state index in [-0.39, 0.29) is 10.9 Å². The summed E-state index contributed by atoms with van der Waals surface area (Å²) in [7, 11) is 0. The van der Waals surface area contributed by atoms with E-state index in [1.807, 2.05) is 30.3 Å². The Balaban J connectivity index is 2.06. The number of hydrogen-bond donors (Lipinski definition) is 0.